The second kappa shape index (κ2) is 7.57. The number of methoxy groups -OCH3 is 1. The van der Waals surface area contributed by atoms with E-state index in [4.69, 9.17) is 4.74 Å². The molecule has 2 aromatic rings. The fraction of sp³-hybridized carbons (Fsp3) is 0.412. The number of ether oxygens (including phenoxy) is 1. The van der Waals surface area contributed by atoms with Gasteiger partial charge in [0.05, 0.1) is 13.2 Å². The van der Waals surface area contributed by atoms with E-state index in [0.29, 0.717) is 11.3 Å². The van der Waals surface area contributed by atoms with E-state index in [9.17, 15) is 4.39 Å². The Labute approximate surface area is 130 Å². The van der Waals surface area contributed by atoms with Crippen molar-refractivity contribution < 1.29 is 9.13 Å². The third-order valence-corrected chi connectivity index (χ3v) is 4.56. The van der Waals surface area contributed by atoms with Gasteiger partial charge in [0, 0.05) is 16.5 Å². The number of hydrogen-bond acceptors (Lipinski definition) is 3. The molecule has 2 nitrogen and oxygen atoms in total. The SMILES string of the molecule is CCCNC(c1ccc(OC)cc1F)c1sccc1CC. The molecule has 0 radical (unpaired) electrons. The lowest BCUT2D eigenvalue weighted by molar-refractivity contribution is 0.410. The van der Waals surface area contributed by atoms with Gasteiger partial charge >= 0.3 is 0 Å². The number of thiophene rings is 1. The fourth-order valence-corrected chi connectivity index (χ4v) is 3.48. The Morgan fingerprint density at radius 2 is 2.10 bits per heavy atom. The van der Waals surface area contributed by atoms with Crippen molar-refractivity contribution in [3.8, 4) is 5.75 Å². The molecule has 0 aliphatic heterocycles. The molecule has 0 fully saturated rings. The topological polar surface area (TPSA) is 21.3 Å². The molecule has 0 amide bonds. The Balaban J connectivity index is 2.40. The van der Waals surface area contributed by atoms with Gasteiger partial charge < -0.3 is 10.1 Å². The molecule has 1 atom stereocenters. The molecule has 1 aromatic carbocycles. The van der Waals surface area contributed by atoms with E-state index in [1.807, 2.05) is 12.1 Å². The normalized spacial score (nSPS) is 12.4. The summed E-state index contributed by atoms with van der Waals surface area (Å²) in [6.45, 7) is 5.10. The monoisotopic (exact) mass is 307 g/mol. The third-order valence-electron chi connectivity index (χ3n) is 3.54. The molecule has 0 saturated carbocycles. The molecule has 0 aliphatic rings. The quantitative estimate of drug-likeness (QED) is 0.810. The van der Waals surface area contributed by atoms with Crippen molar-refractivity contribution in [2.45, 2.75) is 32.7 Å². The van der Waals surface area contributed by atoms with Crippen LogP contribution in [0.25, 0.3) is 0 Å². The minimum absolute atomic E-state index is 0.0918. The van der Waals surface area contributed by atoms with Crippen LogP contribution < -0.4 is 10.1 Å². The number of hydrogen-bond donors (Lipinski definition) is 1. The minimum atomic E-state index is -0.224. The molecule has 1 N–H and O–H groups in total. The summed E-state index contributed by atoms with van der Waals surface area (Å²) in [6.07, 6.45) is 1.97. The van der Waals surface area contributed by atoms with Gasteiger partial charge in [-0.3, -0.25) is 0 Å². The van der Waals surface area contributed by atoms with Gasteiger partial charge in [-0.2, -0.15) is 0 Å². The lowest BCUT2D eigenvalue weighted by Gasteiger charge is -2.20. The van der Waals surface area contributed by atoms with Gasteiger partial charge in [0.2, 0.25) is 0 Å². The number of benzene rings is 1. The van der Waals surface area contributed by atoms with E-state index < -0.39 is 0 Å². The van der Waals surface area contributed by atoms with E-state index in [-0.39, 0.29) is 11.9 Å². The van der Waals surface area contributed by atoms with E-state index in [2.05, 4.69) is 30.6 Å². The van der Waals surface area contributed by atoms with Crippen molar-refractivity contribution in [1.82, 2.24) is 5.32 Å². The lowest BCUT2D eigenvalue weighted by Crippen LogP contribution is -2.24. The first-order chi connectivity index (χ1) is 10.2. The van der Waals surface area contributed by atoms with Crippen molar-refractivity contribution in [1.29, 1.82) is 0 Å². The second-order valence-corrected chi connectivity index (χ2v) is 5.89. The van der Waals surface area contributed by atoms with Crippen molar-refractivity contribution in [2.24, 2.45) is 0 Å². The molecule has 0 saturated heterocycles. The van der Waals surface area contributed by atoms with E-state index in [1.54, 1.807) is 18.4 Å². The first-order valence-corrected chi connectivity index (χ1v) is 8.22. The number of halogens is 1. The van der Waals surface area contributed by atoms with Crippen molar-refractivity contribution in [3.63, 3.8) is 0 Å². The average Bonchev–Trinajstić information content (AvgIpc) is 2.97. The molecular weight excluding hydrogens is 285 g/mol. The molecule has 4 heteroatoms. The summed E-state index contributed by atoms with van der Waals surface area (Å²) < 4.78 is 19.5. The summed E-state index contributed by atoms with van der Waals surface area (Å²) in [6, 6.07) is 7.13. The maximum Gasteiger partial charge on any atom is 0.132 e. The zero-order valence-electron chi connectivity index (χ0n) is 12.8. The van der Waals surface area contributed by atoms with E-state index >= 15 is 0 Å². The molecule has 114 valence electrons. The van der Waals surface area contributed by atoms with Crippen LogP contribution in [0.4, 0.5) is 4.39 Å². The second-order valence-electron chi connectivity index (χ2n) is 4.94. The molecule has 0 spiro atoms. The van der Waals surface area contributed by atoms with Crippen LogP contribution in [0.15, 0.2) is 29.6 Å². The first-order valence-electron chi connectivity index (χ1n) is 7.34. The highest BCUT2D eigenvalue weighted by molar-refractivity contribution is 7.10. The van der Waals surface area contributed by atoms with Crippen LogP contribution >= 0.6 is 11.3 Å². The van der Waals surface area contributed by atoms with Gasteiger partial charge in [-0.15, -0.1) is 11.3 Å². The predicted molar refractivity (Wildman–Crippen MR) is 86.8 cm³/mol. The van der Waals surface area contributed by atoms with Crippen molar-refractivity contribution in [2.75, 3.05) is 13.7 Å². The zero-order valence-corrected chi connectivity index (χ0v) is 13.6. The highest BCUT2D eigenvalue weighted by Gasteiger charge is 2.21. The van der Waals surface area contributed by atoms with Crippen LogP contribution in [0.5, 0.6) is 5.75 Å². The van der Waals surface area contributed by atoms with Gasteiger partial charge in [0.1, 0.15) is 11.6 Å². The Bertz CT molecular complexity index is 582. The maximum absolute atomic E-state index is 14.4. The Hall–Kier alpha value is -1.39. The van der Waals surface area contributed by atoms with Gasteiger partial charge in [0.25, 0.3) is 0 Å². The molecule has 1 aromatic heterocycles. The highest BCUT2D eigenvalue weighted by Crippen LogP contribution is 2.32. The van der Waals surface area contributed by atoms with Crippen LogP contribution in [0.3, 0.4) is 0 Å². The zero-order chi connectivity index (χ0) is 15.2. The number of aryl methyl sites for hydroxylation is 1. The Morgan fingerprint density at radius 3 is 2.71 bits per heavy atom. The van der Waals surface area contributed by atoms with E-state index in [0.717, 1.165) is 19.4 Å². The highest BCUT2D eigenvalue weighted by atomic mass is 32.1. The summed E-state index contributed by atoms with van der Waals surface area (Å²) >= 11 is 1.69. The summed E-state index contributed by atoms with van der Waals surface area (Å²) in [5.41, 5.74) is 1.96. The maximum atomic E-state index is 14.4. The summed E-state index contributed by atoms with van der Waals surface area (Å²) in [5.74, 6) is 0.325. The molecule has 21 heavy (non-hydrogen) atoms. The van der Waals surface area contributed by atoms with Crippen LogP contribution in [-0.4, -0.2) is 13.7 Å². The molecule has 1 heterocycles. The van der Waals surface area contributed by atoms with Crippen LogP contribution in [0.1, 0.15) is 42.3 Å². The van der Waals surface area contributed by atoms with Crippen molar-refractivity contribution in [3.05, 3.63) is 51.5 Å². The summed E-state index contributed by atoms with van der Waals surface area (Å²) in [5, 5.41) is 5.55. The fourth-order valence-electron chi connectivity index (χ4n) is 2.39. The predicted octanol–water partition coefficient (Wildman–Crippen LogP) is 4.55. The average molecular weight is 307 g/mol. The first kappa shape index (κ1) is 16.0. The smallest absolute Gasteiger partial charge is 0.132 e. The standard InChI is InChI=1S/C17H22FNOS/c1-4-9-19-16(17-12(5-2)8-10-21-17)14-7-6-13(20-3)11-15(14)18/h6-8,10-11,16,19H,4-5,9H2,1-3H3. The third kappa shape index (κ3) is 3.63. The van der Waals surface area contributed by atoms with Crippen LogP contribution in [0.2, 0.25) is 0 Å². The summed E-state index contributed by atoms with van der Waals surface area (Å²) in [4.78, 5) is 1.20. The van der Waals surface area contributed by atoms with E-state index in [1.165, 1.54) is 16.5 Å². The van der Waals surface area contributed by atoms with Gasteiger partial charge in [-0.25, -0.2) is 4.39 Å². The molecule has 1 unspecified atom stereocenters. The molecule has 0 bridgehead atoms. The molecule has 0 aliphatic carbocycles. The number of rotatable bonds is 7. The van der Waals surface area contributed by atoms with Gasteiger partial charge in [0.15, 0.2) is 0 Å². The largest absolute Gasteiger partial charge is 0.497 e. The summed E-state index contributed by atoms with van der Waals surface area (Å²) in [7, 11) is 1.55. The molecule has 2 rings (SSSR count). The van der Waals surface area contributed by atoms with Crippen LogP contribution in [0, 0.1) is 5.82 Å². The van der Waals surface area contributed by atoms with Crippen molar-refractivity contribution >= 4 is 11.3 Å². The molecular formula is C17H22FNOS. The number of nitrogens with one attached hydrogen (secondary N) is 1. The van der Waals surface area contributed by atoms with Gasteiger partial charge in [-0.1, -0.05) is 19.9 Å². The Morgan fingerprint density at radius 1 is 1.29 bits per heavy atom. The lowest BCUT2D eigenvalue weighted by atomic mass is 10.0. The Kier molecular flexibility index (Phi) is 5.76. The minimum Gasteiger partial charge on any atom is -0.497 e. The van der Waals surface area contributed by atoms with Crippen LogP contribution in [-0.2, 0) is 6.42 Å². The van der Waals surface area contributed by atoms with Gasteiger partial charge in [-0.05, 0) is 42.5 Å².